The number of benzene rings is 5. The van der Waals surface area contributed by atoms with Crippen molar-refractivity contribution in [2.24, 2.45) is 0 Å². The van der Waals surface area contributed by atoms with E-state index in [4.69, 9.17) is 0 Å². The van der Waals surface area contributed by atoms with Crippen molar-refractivity contribution in [3.8, 4) is 16.8 Å². The van der Waals surface area contributed by atoms with E-state index in [1.54, 1.807) is 0 Å². The lowest BCUT2D eigenvalue weighted by Crippen LogP contribution is -2.01. The molecule has 1 aromatic heterocycles. The topological polar surface area (TPSA) is 4.93 Å². The summed E-state index contributed by atoms with van der Waals surface area (Å²) in [7, 11) is 0. The van der Waals surface area contributed by atoms with Crippen LogP contribution in [0.3, 0.4) is 0 Å². The predicted molar refractivity (Wildman–Crippen MR) is 193 cm³/mol. The average Bonchev–Trinajstić information content (AvgIpc) is 3.41. The van der Waals surface area contributed by atoms with Gasteiger partial charge in [-0.1, -0.05) is 116 Å². The van der Waals surface area contributed by atoms with Crippen LogP contribution in [0, 0.1) is 6.92 Å². The van der Waals surface area contributed by atoms with Gasteiger partial charge in [0.2, 0.25) is 0 Å². The molecule has 1 aliphatic rings. The molecule has 0 saturated heterocycles. The van der Waals surface area contributed by atoms with Gasteiger partial charge in [-0.15, -0.1) is 0 Å². The van der Waals surface area contributed by atoms with E-state index in [1.165, 1.54) is 90.1 Å². The van der Waals surface area contributed by atoms with Gasteiger partial charge < -0.3 is 4.57 Å². The third-order valence-electron chi connectivity index (χ3n) is 9.11. The van der Waals surface area contributed by atoms with Gasteiger partial charge in [0.05, 0.1) is 11.0 Å². The van der Waals surface area contributed by atoms with Crippen molar-refractivity contribution in [1.29, 1.82) is 0 Å². The molecule has 0 aliphatic heterocycles. The highest BCUT2D eigenvalue weighted by Gasteiger charge is 2.20. The Labute approximate surface area is 261 Å². The Morgan fingerprint density at radius 1 is 0.773 bits per heavy atom. The Morgan fingerprint density at radius 2 is 1.41 bits per heavy atom. The standard InChI is InChI=1S/C43H39N/c1-4-6-19-34-30(3)42(38-22-10-11-23-39(38)43(34)35(16-5-2)31-17-8-7-9-18-31)32-26-28-33(29-27-32)44-40-24-14-12-20-36(40)37-21-13-15-25-41(37)44/h5-6,8,10-17,19-29H,4,7,9,18H2,1-3H3/b16-5-,19-6-,35-31+. The van der Waals surface area contributed by atoms with Crippen molar-refractivity contribution < 1.29 is 0 Å². The van der Waals surface area contributed by atoms with Crippen LogP contribution < -0.4 is 0 Å². The van der Waals surface area contributed by atoms with Crippen LogP contribution in [-0.4, -0.2) is 4.57 Å². The lowest BCUT2D eigenvalue weighted by molar-refractivity contribution is 0.823. The second-order valence-electron chi connectivity index (χ2n) is 11.8. The molecule has 0 unspecified atom stereocenters. The van der Waals surface area contributed by atoms with Gasteiger partial charge in [-0.2, -0.15) is 0 Å². The van der Waals surface area contributed by atoms with Crippen LogP contribution in [0.15, 0.2) is 133 Å². The first kappa shape index (κ1) is 27.9. The number of para-hydroxylation sites is 2. The molecule has 1 nitrogen and oxygen atoms in total. The smallest absolute Gasteiger partial charge is 0.0541 e. The Morgan fingerprint density at radius 3 is 2.02 bits per heavy atom. The van der Waals surface area contributed by atoms with Gasteiger partial charge in [-0.3, -0.25) is 0 Å². The summed E-state index contributed by atoms with van der Waals surface area (Å²) in [4.78, 5) is 0. The van der Waals surface area contributed by atoms with Gasteiger partial charge in [0.15, 0.2) is 0 Å². The zero-order valence-corrected chi connectivity index (χ0v) is 26.0. The molecular formula is C43H39N. The summed E-state index contributed by atoms with van der Waals surface area (Å²) in [6.45, 7) is 6.67. The first-order valence-electron chi connectivity index (χ1n) is 16.0. The van der Waals surface area contributed by atoms with Crippen molar-refractivity contribution in [3.63, 3.8) is 0 Å². The number of nitrogens with zero attached hydrogens (tertiary/aromatic N) is 1. The molecule has 0 atom stereocenters. The fourth-order valence-electron chi connectivity index (χ4n) is 7.13. The summed E-state index contributed by atoms with van der Waals surface area (Å²) in [6, 6.07) is 35.7. The number of hydrogen-bond acceptors (Lipinski definition) is 0. The van der Waals surface area contributed by atoms with Crippen LogP contribution in [0.1, 0.15) is 56.2 Å². The van der Waals surface area contributed by atoms with Crippen LogP contribution in [0.5, 0.6) is 0 Å². The molecule has 216 valence electrons. The molecule has 44 heavy (non-hydrogen) atoms. The molecular weight excluding hydrogens is 530 g/mol. The lowest BCUT2D eigenvalue weighted by atomic mass is 9.81. The van der Waals surface area contributed by atoms with E-state index in [9.17, 15) is 0 Å². The minimum atomic E-state index is 1.00. The highest BCUT2D eigenvalue weighted by Crippen LogP contribution is 2.43. The minimum absolute atomic E-state index is 1.00. The highest BCUT2D eigenvalue weighted by atomic mass is 15.0. The number of hydrogen-bond donors (Lipinski definition) is 0. The fourth-order valence-corrected chi connectivity index (χ4v) is 7.13. The van der Waals surface area contributed by atoms with E-state index >= 15 is 0 Å². The van der Waals surface area contributed by atoms with E-state index < -0.39 is 0 Å². The number of fused-ring (bicyclic) bond motifs is 4. The van der Waals surface area contributed by atoms with Crippen LogP contribution in [0.2, 0.25) is 0 Å². The summed E-state index contributed by atoms with van der Waals surface area (Å²) in [5, 5.41) is 5.20. The van der Waals surface area contributed by atoms with Crippen molar-refractivity contribution >= 4 is 44.2 Å². The van der Waals surface area contributed by atoms with Crippen LogP contribution in [0.25, 0.3) is 61.0 Å². The summed E-state index contributed by atoms with van der Waals surface area (Å²) in [5.74, 6) is 0. The molecule has 0 fully saturated rings. The maximum atomic E-state index is 2.39. The second-order valence-corrected chi connectivity index (χ2v) is 11.8. The summed E-state index contributed by atoms with van der Waals surface area (Å²) >= 11 is 0. The fraction of sp³-hybridized carbons (Fsp3) is 0.163. The predicted octanol–water partition coefficient (Wildman–Crippen LogP) is 12.4. The van der Waals surface area contributed by atoms with E-state index in [2.05, 4.69) is 159 Å². The SMILES string of the molecule is C/C=C\C(=C1\C=CCCC1)c1c(/C=C\CC)c(C)c(-c2ccc(-n3c4ccccc4c4ccccc43)cc2)c2ccccc12. The Kier molecular flexibility index (Phi) is 7.62. The zero-order valence-electron chi connectivity index (χ0n) is 26.0. The molecule has 0 amide bonds. The van der Waals surface area contributed by atoms with Crippen LogP contribution in [-0.2, 0) is 0 Å². The van der Waals surface area contributed by atoms with Crippen molar-refractivity contribution in [3.05, 3.63) is 150 Å². The summed E-state index contributed by atoms with van der Waals surface area (Å²) in [5.41, 5.74) is 13.0. The summed E-state index contributed by atoms with van der Waals surface area (Å²) in [6.07, 6.45) is 18.4. The lowest BCUT2D eigenvalue weighted by Gasteiger charge is -2.23. The van der Waals surface area contributed by atoms with Gasteiger partial charge >= 0.3 is 0 Å². The van der Waals surface area contributed by atoms with Gasteiger partial charge in [-0.05, 0) is 114 Å². The first-order chi connectivity index (χ1) is 21.7. The molecule has 0 radical (unpaired) electrons. The molecule has 0 N–H and O–H groups in total. The molecule has 1 aliphatic carbocycles. The van der Waals surface area contributed by atoms with Gasteiger partial charge in [0.1, 0.15) is 0 Å². The Hall–Kier alpha value is -4.88. The second kappa shape index (κ2) is 12.0. The van der Waals surface area contributed by atoms with Crippen LogP contribution in [0.4, 0.5) is 0 Å². The van der Waals surface area contributed by atoms with Gasteiger partial charge in [0, 0.05) is 16.5 Å². The Balaban J connectivity index is 1.46. The largest absolute Gasteiger partial charge is 0.309 e. The third kappa shape index (κ3) is 4.74. The molecule has 0 bridgehead atoms. The number of allylic oxidation sites excluding steroid dienone is 7. The first-order valence-corrected chi connectivity index (χ1v) is 16.0. The van der Waals surface area contributed by atoms with Crippen molar-refractivity contribution in [2.75, 3.05) is 0 Å². The highest BCUT2D eigenvalue weighted by molar-refractivity contribution is 6.10. The maximum absolute atomic E-state index is 2.39. The third-order valence-corrected chi connectivity index (χ3v) is 9.11. The molecule has 7 rings (SSSR count). The molecule has 1 heterocycles. The quantitative estimate of drug-likeness (QED) is 0.188. The van der Waals surface area contributed by atoms with E-state index in [1.807, 2.05) is 0 Å². The molecule has 5 aromatic carbocycles. The molecule has 0 spiro atoms. The average molecular weight is 570 g/mol. The minimum Gasteiger partial charge on any atom is -0.309 e. The normalized spacial score (nSPS) is 15.0. The monoisotopic (exact) mass is 569 g/mol. The van der Waals surface area contributed by atoms with E-state index in [0.717, 1.165) is 12.8 Å². The molecule has 0 saturated carbocycles. The van der Waals surface area contributed by atoms with E-state index in [-0.39, 0.29) is 0 Å². The maximum Gasteiger partial charge on any atom is 0.0541 e. The van der Waals surface area contributed by atoms with Gasteiger partial charge in [-0.25, -0.2) is 0 Å². The van der Waals surface area contributed by atoms with Crippen molar-refractivity contribution in [1.82, 2.24) is 4.57 Å². The van der Waals surface area contributed by atoms with E-state index in [0.29, 0.717) is 0 Å². The molecule has 1 heteroatoms. The number of rotatable bonds is 6. The summed E-state index contributed by atoms with van der Waals surface area (Å²) < 4.78 is 2.39. The van der Waals surface area contributed by atoms with Gasteiger partial charge in [0.25, 0.3) is 0 Å². The van der Waals surface area contributed by atoms with Crippen molar-refractivity contribution in [2.45, 2.75) is 46.5 Å². The molecule has 6 aromatic rings. The van der Waals surface area contributed by atoms with Crippen LogP contribution >= 0.6 is 0 Å². The Bertz CT molecular complexity index is 2070. The zero-order chi connectivity index (χ0) is 30.0. The number of aromatic nitrogens is 1.